The Hall–Kier alpha value is -2.09. The Morgan fingerprint density at radius 3 is 2.47 bits per heavy atom. The lowest BCUT2D eigenvalue weighted by Crippen LogP contribution is -2.13. The fraction of sp³-hybridized carbons (Fsp3) is 0.235. The van der Waals surface area contributed by atoms with Crippen LogP contribution >= 0.6 is 0 Å². The lowest BCUT2D eigenvalue weighted by Gasteiger charge is -2.10. The van der Waals surface area contributed by atoms with Crippen LogP contribution in [0.2, 0.25) is 0 Å². The SMILES string of the molecule is CC(C)c1cccc(NCC(=O)c2ccccc2)c1. The summed E-state index contributed by atoms with van der Waals surface area (Å²) in [5.74, 6) is 0.599. The topological polar surface area (TPSA) is 29.1 Å². The van der Waals surface area contributed by atoms with Crippen molar-refractivity contribution in [3.63, 3.8) is 0 Å². The lowest BCUT2D eigenvalue weighted by atomic mass is 10.0. The van der Waals surface area contributed by atoms with Gasteiger partial charge < -0.3 is 5.32 Å². The molecular formula is C17H19NO. The summed E-state index contributed by atoms with van der Waals surface area (Å²) in [6, 6.07) is 17.6. The molecule has 0 atom stereocenters. The van der Waals surface area contributed by atoms with E-state index in [0.717, 1.165) is 11.3 Å². The average Bonchev–Trinajstić information content (AvgIpc) is 2.46. The molecule has 19 heavy (non-hydrogen) atoms. The first-order valence-electron chi connectivity index (χ1n) is 6.59. The van der Waals surface area contributed by atoms with Crippen molar-refractivity contribution in [3.8, 4) is 0 Å². The van der Waals surface area contributed by atoms with Gasteiger partial charge in [0, 0.05) is 11.3 Å². The van der Waals surface area contributed by atoms with E-state index in [4.69, 9.17) is 0 Å². The summed E-state index contributed by atoms with van der Waals surface area (Å²) in [4.78, 5) is 12.0. The molecule has 2 rings (SSSR count). The zero-order chi connectivity index (χ0) is 13.7. The molecule has 0 aliphatic rings. The predicted octanol–water partition coefficient (Wildman–Crippen LogP) is 4.10. The largest absolute Gasteiger partial charge is 0.378 e. The molecule has 0 saturated heterocycles. The Morgan fingerprint density at radius 2 is 1.79 bits per heavy atom. The van der Waals surface area contributed by atoms with E-state index in [0.29, 0.717) is 12.5 Å². The Bertz CT molecular complexity index is 546. The van der Waals surface area contributed by atoms with Gasteiger partial charge in [-0.3, -0.25) is 4.79 Å². The molecule has 2 heteroatoms. The van der Waals surface area contributed by atoms with Crippen molar-refractivity contribution in [2.24, 2.45) is 0 Å². The molecule has 0 aliphatic carbocycles. The van der Waals surface area contributed by atoms with Crippen molar-refractivity contribution < 1.29 is 4.79 Å². The molecular weight excluding hydrogens is 234 g/mol. The number of ketones is 1. The maximum absolute atomic E-state index is 12.0. The van der Waals surface area contributed by atoms with Gasteiger partial charge in [-0.25, -0.2) is 0 Å². The molecule has 0 spiro atoms. The standard InChI is InChI=1S/C17H19NO/c1-13(2)15-9-6-10-16(11-15)18-12-17(19)14-7-4-3-5-8-14/h3-11,13,18H,12H2,1-2H3. The molecule has 0 heterocycles. The number of carbonyl (C=O) groups excluding carboxylic acids is 1. The fourth-order valence-corrected chi connectivity index (χ4v) is 1.92. The first-order chi connectivity index (χ1) is 9.16. The van der Waals surface area contributed by atoms with Crippen LogP contribution in [-0.4, -0.2) is 12.3 Å². The molecule has 0 fully saturated rings. The van der Waals surface area contributed by atoms with Crippen LogP contribution in [0.1, 0.15) is 35.7 Å². The minimum Gasteiger partial charge on any atom is -0.378 e. The van der Waals surface area contributed by atoms with Crippen molar-refractivity contribution >= 4 is 11.5 Å². The number of anilines is 1. The van der Waals surface area contributed by atoms with Gasteiger partial charge in [0.05, 0.1) is 6.54 Å². The summed E-state index contributed by atoms with van der Waals surface area (Å²) in [5, 5.41) is 3.19. The number of Topliss-reactive ketones (excluding diaryl/α,β-unsaturated/α-hetero) is 1. The first kappa shape index (κ1) is 13.3. The van der Waals surface area contributed by atoms with Crippen LogP contribution in [0.3, 0.4) is 0 Å². The highest BCUT2D eigenvalue weighted by atomic mass is 16.1. The Balaban J connectivity index is 1.99. The predicted molar refractivity (Wildman–Crippen MR) is 79.8 cm³/mol. The van der Waals surface area contributed by atoms with Gasteiger partial charge >= 0.3 is 0 Å². The van der Waals surface area contributed by atoms with Gasteiger partial charge in [0.2, 0.25) is 0 Å². The van der Waals surface area contributed by atoms with E-state index in [-0.39, 0.29) is 5.78 Å². The Morgan fingerprint density at radius 1 is 1.05 bits per heavy atom. The third-order valence-electron chi connectivity index (χ3n) is 3.10. The van der Waals surface area contributed by atoms with E-state index in [1.54, 1.807) is 0 Å². The van der Waals surface area contributed by atoms with Crippen molar-refractivity contribution in [3.05, 3.63) is 65.7 Å². The molecule has 2 nitrogen and oxygen atoms in total. The molecule has 0 unspecified atom stereocenters. The number of nitrogens with one attached hydrogen (secondary N) is 1. The number of carbonyl (C=O) groups is 1. The van der Waals surface area contributed by atoms with Crippen molar-refractivity contribution in [1.82, 2.24) is 0 Å². The minimum absolute atomic E-state index is 0.107. The van der Waals surface area contributed by atoms with E-state index in [1.807, 2.05) is 42.5 Å². The van der Waals surface area contributed by atoms with Gasteiger partial charge in [-0.15, -0.1) is 0 Å². The molecule has 0 bridgehead atoms. The van der Waals surface area contributed by atoms with Crippen LogP contribution in [0.15, 0.2) is 54.6 Å². The second-order valence-corrected chi connectivity index (χ2v) is 4.92. The quantitative estimate of drug-likeness (QED) is 0.813. The van der Waals surface area contributed by atoms with Crippen LogP contribution < -0.4 is 5.32 Å². The highest BCUT2D eigenvalue weighted by Gasteiger charge is 2.05. The Kier molecular flexibility index (Phi) is 4.35. The van der Waals surface area contributed by atoms with Crippen LogP contribution in [0.25, 0.3) is 0 Å². The summed E-state index contributed by atoms with van der Waals surface area (Å²) >= 11 is 0. The molecule has 0 aliphatic heterocycles. The van der Waals surface area contributed by atoms with E-state index in [1.165, 1.54) is 5.56 Å². The second-order valence-electron chi connectivity index (χ2n) is 4.92. The van der Waals surface area contributed by atoms with Crippen LogP contribution in [0, 0.1) is 0 Å². The van der Waals surface area contributed by atoms with Crippen LogP contribution in [0.5, 0.6) is 0 Å². The maximum atomic E-state index is 12.0. The molecule has 0 saturated carbocycles. The van der Waals surface area contributed by atoms with Crippen molar-refractivity contribution in [1.29, 1.82) is 0 Å². The van der Waals surface area contributed by atoms with Gasteiger partial charge in [-0.05, 0) is 23.6 Å². The number of hydrogen-bond acceptors (Lipinski definition) is 2. The average molecular weight is 253 g/mol. The summed E-state index contributed by atoms with van der Waals surface area (Å²) in [6.45, 7) is 4.65. The molecule has 98 valence electrons. The number of hydrogen-bond donors (Lipinski definition) is 1. The smallest absolute Gasteiger partial charge is 0.181 e. The number of benzene rings is 2. The van der Waals surface area contributed by atoms with Crippen LogP contribution in [-0.2, 0) is 0 Å². The van der Waals surface area contributed by atoms with Gasteiger partial charge in [-0.1, -0.05) is 56.3 Å². The normalized spacial score (nSPS) is 10.5. The zero-order valence-corrected chi connectivity index (χ0v) is 11.4. The van der Waals surface area contributed by atoms with Gasteiger partial charge in [0.25, 0.3) is 0 Å². The van der Waals surface area contributed by atoms with Gasteiger partial charge in [0.15, 0.2) is 5.78 Å². The Labute approximate surface area is 114 Å². The summed E-state index contributed by atoms with van der Waals surface area (Å²) in [7, 11) is 0. The van der Waals surface area contributed by atoms with Gasteiger partial charge in [0.1, 0.15) is 0 Å². The highest BCUT2D eigenvalue weighted by molar-refractivity contribution is 5.98. The minimum atomic E-state index is 0.107. The molecule has 2 aromatic rings. The monoisotopic (exact) mass is 253 g/mol. The zero-order valence-electron chi connectivity index (χ0n) is 11.4. The first-order valence-corrected chi connectivity index (χ1v) is 6.59. The van der Waals surface area contributed by atoms with Gasteiger partial charge in [-0.2, -0.15) is 0 Å². The molecule has 0 amide bonds. The third kappa shape index (κ3) is 3.68. The van der Waals surface area contributed by atoms with Crippen molar-refractivity contribution in [2.45, 2.75) is 19.8 Å². The highest BCUT2D eigenvalue weighted by Crippen LogP contribution is 2.18. The lowest BCUT2D eigenvalue weighted by molar-refractivity contribution is 0.101. The molecule has 2 aromatic carbocycles. The third-order valence-corrected chi connectivity index (χ3v) is 3.10. The molecule has 0 radical (unpaired) electrons. The van der Waals surface area contributed by atoms with E-state index in [9.17, 15) is 4.79 Å². The maximum Gasteiger partial charge on any atom is 0.181 e. The van der Waals surface area contributed by atoms with E-state index >= 15 is 0 Å². The van der Waals surface area contributed by atoms with E-state index < -0.39 is 0 Å². The second kappa shape index (κ2) is 6.19. The number of rotatable bonds is 5. The summed E-state index contributed by atoms with van der Waals surface area (Å²) in [6.07, 6.45) is 0. The molecule has 1 N–H and O–H groups in total. The van der Waals surface area contributed by atoms with Crippen molar-refractivity contribution in [2.75, 3.05) is 11.9 Å². The summed E-state index contributed by atoms with van der Waals surface area (Å²) < 4.78 is 0. The molecule has 0 aromatic heterocycles. The van der Waals surface area contributed by atoms with E-state index in [2.05, 4.69) is 31.3 Å². The van der Waals surface area contributed by atoms with Crippen LogP contribution in [0.4, 0.5) is 5.69 Å². The fourth-order valence-electron chi connectivity index (χ4n) is 1.92. The summed E-state index contributed by atoms with van der Waals surface area (Å²) in [5.41, 5.74) is 3.02.